The van der Waals surface area contributed by atoms with E-state index < -0.39 is 115 Å². The van der Waals surface area contributed by atoms with Crippen molar-refractivity contribution in [2.75, 3.05) is 76.7 Å². The third-order valence-electron chi connectivity index (χ3n) is 9.04. The Hall–Kier alpha value is 0.330. The molecule has 3 aliphatic rings. The largest absolute Gasteiger partial charge is 0.394 e. The number of aliphatic hydroxyl groups excluding tert-OH is 12. The molecular formula is C32H60O18S3. The summed E-state index contributed by atoms with van der Waals surface area (Å²) < 4.78 is 34.5. The first-order valence-electron chi connectivity index (χ1n) is 17.8. The molecule has 314 valence electrons. The molecule has 3 fully saturated rings. The normalized spacial score (nSPS) is 39.2. The molecule has 3 aliphatic heterocycles. The van der Waals surface area contributed by atoms with Gasteiger partial charge >= 0.3 is 0 Å². The maximum Gasteiger partial charge on any atom is 0.132 e. The Morgan fingerprint density at radius 2 is 0.698 bits per heavy atom. The van der Waals surface area contributed by atoms with Gasteiger partial charge in [0.15, 0.2) is 0 Å². The van der Waals surface area contributed by atoms with Gasteiger partial charge in [0.2, 0.25) is 0 Å². The van der Waals surface area contributed by atoms with Gasteiger partial charge in [-0.25, -0.2) is 0 Å². The minimum Gasteiger partial charge on any atom is -0.394 e. The van der Waals surface area contributed by atoms with Gasteiger partial charge in [0, 0.05) is 25.2 Å². The van der Waals surface area contributed by atoms with Crippen molar-refractivity contribution in [1.29, 1.82) is 0 Å². The van der Waals surface area contributed by atoms with E-state index in [0.717, 1.165) is 0 Å². The van der Waals surface area contributed by atoms with Gasteiger partial charge in [-0.05, 0) is 36.5 Å². The summed E-state index contributed by atoms with van der Waals surface area (Å²) in [7, 11) is 0. The fraction of sp³-hybridized carbons (Fsp3) is 1.00. The van der Waals surface area contributed by atoms with Crippen molar-refractivity contribution in [3.8, 4) is 0 Å². The SMILES string of the molecule is CC(COCCCS[C@H]1OC(CO)[C@@H](O)C(O)C1O)(COCCCS[C@H]1OC(CO)[C@@H](O)C(O)C1O)COCCCS[C@H]1OC(CO)[C@@H](O)C(O)C1O. The van der Waals surface area contributed by atoms with Gasteiger partial charge in [-0.15, -0.1) is 35.3 Å². The van der Waals surface area contributed by atoms with E-state index in [-0.39, 0.29) is 19.8 Å². The predicted molar refractivity (Wildman–Crippen MR) is 193 cm³/mol. The average Bonchev–Trinajstić information content (AvgIpc) is 3.15. The second-order valence-corrected chi connectivity index (χ2v) is 17.4. The first kappa shape index (κ1) is 47.7. The summed E-state index contributed by atoms with van der Waals surface area (Å²) in [6.45, 7) is 2.33. The molecule has 0 aromatic carbocycles. The van der Waals surface area contributed by atoms with Gasteiger partial charge in [0.1, 0.15) is 89.6 Å². The Labute approximate surface area is 322 Å². The molecule has 21 heteroatoms. The van der Waals surface area contributed by atoms with E-state index >= 15 is 0 Å². The van der Waals surface area contributed by atoms with Crippen LogP contribution in [0.1, 0.15) is 26.2 Å². The van der Waals surface area contributed by atoms with Crippen molar-refractivity contribution in [1.82, 2.24) is 0 Å². The Balaban J connectivity index is 1.41. The van der Waals surface area contributed by atoms with Gasteiger partial charge < -0.3 is 89.7 Å². The Morgan fingerprint density at radius 3 is 0.943 bits per heavy atom. The molecule has 0 amide bonds. The van der Waals surface area contributed by atoms with Crippen molar-refractivity contribution in [2.24, 2.45) is 5.41 Å². The maximum atomic E-state index is 10.3. The lowest BCUT2D eigenvalue weighted by atomic mass is 9.94. The molecule has 0 aliphatic carbocycles. The zero-order valence-corrected chi connectivity index (χ0v) is 32.3. The highest BCUT2D eigenvalue weighted by molar-refractivity contribution is 8.00. The molecule has 3 saturated heterocycles. The number of hydrogen-bond donors (Lipinski definition) is 12. The summed E-state index contributed by atoms with van der Waals surface area (Å²) in [5.74, 6) is 1.51. The monoisotopic (exact) mass is 828 g/mol. The van der Waals surface area contributed by atoms with Crippen LogP contribution in [0.4, 0.5) is 0 Å². The van der Waals surface area contributed by atoms with Crippen LogP contribution in [0.25, 0.3) is 0 Å². The van der Waals surface area contributed by atoms with Crippen LogP contribution < -0.4 is 0 Å². The fourth-order valence-corrected chi connectivity index (χ4v) is 9.07. The number of ether oxygens (including phenoxy) is 6. The van der Waals surface area contributed by atoms with Crippen molar-refractivity contribution in [2.45, 2.75) is 116 Å². The molecule has 0 bridgehead atoms. The summed E-state index contributed by atoms with van der Waals surface area (Å²) in [6.07, 6.45) is -13.7. The van der Waals surface area contributed by atoms with Crippen LogP contribution in [-0.2, 0) is 28.4 Å². The van der Waals surface area contributed by atoms with Gasteiger partial charge in [-0.3, -0.25) is 0 Å². The third kappa shape index (κ3) is 14.3. The summed E-state index contributed by atoms with van der Waals surface area (Å²) >= 11 is 3.72. The smallest absolute Gasteiger partial charge is 0.132 e. The van der Waals surface area contributed by atoms with Crippen LogP contribution >= 0.6 is 35.3 Å². The van der Waals surface area contributed by atoms with Crippen LogP contribution in [0, 0.1) is 5.41 Å². The van der Waals surface area contributed by atoms with Crippen molar-refractivity contribution in [3.63, 3.8) is 0 Å². The molecule has 3 heterocycles. The molecule has 9 unspecified atom stereocenters. The van der Waals surface area contributed by atoms with Gasteiger partial charge in [-0.1, -0.05) is 6.92 Å². The van der Waals surface area contributed by atoms with Crippen LogP contribution in [0.3, 0.4) is 0 Å². The Kier molecular flexibility index (Phi) is 21.9. The van der Waals surface area contributed by atoms with E-state index in [2.05, 4.69) is 0 Å². The molecule has 0 aromatic rings. The molecule has 12 N–H and O–H groups in total. The summed E-state index contributed by atoms with van der Waals surface area (Å²) in [5, 5.41) is 119. The third-order valence-corrected chi connectivity index (χ3v) is 12.8. The lowest BCUT2D eigenvalue weighted by Gasteiger charge is -2.39. The van der Waals surface area contributed by atoms with Crippen LogP contribution in [-0.4, -0.2) is 228 Å². The average molecular weight is 829 g/mol. The van der Waals surface area contributed by atoms with Gasteiger partial charge in [-0.2, -0.15) is 0 Å². The number of hydrogen-bond acceptors (Lipinski definition) is 21. The van der Waals surface area contributed by atoms with E-state index in [1.807, 2.05) is 6.92 Å². The van der Waals surface area contributed by atoms with Gasteiger partial charge in [0.05, 0.1) is 39.6 Å². The number of thioether (sulfide) groups is 3. The van der Waals surface area contributed by atoms with E-state index in [9.17, 15) is 61.3 Å². The quantitative estimate of drug-likeness (QED) is 0.0411. The minimum absolute atomic E-state index is 0.275. The van der Waals surface area contributed by atoms with Gasteiger partial charge in [0.25, 0.3) is 0 Å². The van der Waals surface area contributed by atoms with Crippen molar-refractivity contribution >= 4 is 35.3 Å². The highest BCUT2D eigenvalue weighted by Crippen LogP contribution is 2.31. The predicted octanol–water partition coefficient (Wildman–Crippen LogP) is -4.19. The van der Waals surface area contributed by atoms with Crippen molar-refractivity contribution in [3.05, 3.63) is 0 Å². The molecular weight excluding hydrogens is 769 g/mol. The van der Waals surface area contributed by atoms with E-state index in [1.54, 1.807) is 0 Å². The first-order valence-corrected chi connectivity index (χ1v) is 20.9. The van der Waals surface area contributed by atoms with Crippen LogP contribution in [0.2, 0.25) is 0 Å². The fourth-order valence-electron chi connectivity index (χ4n) is 5.78. The topological polar surface area (TPSA) is 298 Å². The molecule has 0 spiro atoms. The Morgan fingerprint density at radius 1 is 0.434 bits per heavy atom. The highest BCUT2D eigenvalue weighted by atomic mass is 32.2. The lowest BCUT2D eigenvalue weighted by molar-refractivity contribution is -0.205. The summed E-state index contributed by atoms with van der Waals surface area (Å²) in [6, 6.07) is 0. The molecule has 0 aromatic heterocycles. The van der Waals surface area contributed by atoms with E-state index in [4.69, 9.17) is 28.4 Å². The minimum atomic E-state index is -1.44. The lowest BCUT2D eigenvalue weighted by Crippen LogP contribution is -2.57. The number of aliphatic hydroxyl groups is 12. The Bertz CT molecular complexity index is 873. The van der Waals surface area contributed by atoms with E-state index in [1.165, 1.54) is 35.3 Å². The summed E-state index contributed by atoms with van der Waals surface area (Å²) in [4.78, 5) is 0. The van der Waals surface area contributed by atoms with Crippen LogP contribution in [0.15, 0.2) is 0 Å². The van der Waals surface area contributed by atoms with E-state index in [0.29, 0.717) is 56.3 Å². The molecule has 0 radical (unpaired) electrons. The van der Waals surface area contributed by atoms with Crippen LogP contribution in [0.5, 0.6) is 0 Å². The zero-order valence-electron chi connectivity index (χ0n) is 29.8. The number of rotatable bonds is 24. The molecule has 18 nitrogen and oxygen atoms in total. The molecule has 15 atom stereocenters. The highest BCUT2D eigenvalue weighted by Gasteiger charge is 2.45. The maximum absolute atomic E-state index is 10.3. The molecule has 0 saturated carbocycles. The molecule has 3 rings (SSSR count). The van der Waals surface area contributed by atoms with Crippen molar-refractivity contribution < 1.29 is 89.7 Å². The second-order valence-electron chi connectivity index (χ2n) is 13.7. The molecule has 53 heavy (non-hydrogen) atoms. The zero-order chi connectivity index (χ0) is 39.1. The summed E-state index contributed by atoms with van der Waals surface area (Å²) in [5.41, 5.74) is -3.04. The second kappa shape index (κ2) is 24.3. The standard InChI is InChI=1S/C32H60O18S3/c1-32(14-45-5-2-8-51-29-26(42)23(39)20(36)17(11-33)48-29,15-46-6-3-9-52-30-27(43)24(40)21(37)18(12-34)49-30)16-47-7-4-10-53-31-28(44)25(41)22(38)19(13-35)50-31/h17-31,33-44H,2-16H2,1H3/t17?,18?,19?,20-,21-,22-,23?,24?,25?,26?,27?,28?,29-,30-,31-,32?/m1/s1. The first-order chi connectivity index (χ1) is 25.3.